The van der Waals surface area contributed by atoms with Crippen LogP contribution in [0.3, 0.4) is 0 Å². The molecule has 4 nitrogen and oxygen atoms in total. The minimum Gasteiger partial charge on any atom is -0.298 e. The summed E-state index contributed by atoms with van der Waals surface area (Å²) in [6.45, 7) is 0. The van der Waals surface area contributed by atoms with Gasteiger partial charge in [-0.3, -0.25) is 10.1 Å². The van der Waals surface area contributed by atoms with Crippen molar-refractivity contribution in [3.8, 4) is 6.07 Å². The second kappa shape index (κ2) is 7.55. The number of thiazole rings is 1. The molecule has 2 aromatic carbocycles. The first kappa shape index (κ1) is 17.3. The van der Waals surface area contributed by atoms with Crippen LogP contribution in [0.25, 0.3) is 0 Å². The van der Waals surface area contributed by atoms with Crippen molar-refractivity contribution in [1.82, 2.24) is 4.98 Å². The molecule has 0 saturated carbocycles. The molecule has 1 N–H and O–H groups in total. The number of hydrogen-bond acceptors (Lipinski definition) is 4. The standard InChI is InChI=1S/C18H11BrFN3OS/c19-14-6-13(7-15(20)8-14)17(24)23-18-22-10-16(25-18)5-11-1-3-12(9-21)4-2-11/h1-4,6-8,10H,5H2,(H,22,23,24). The molecule has 1 heterocycles. The number of nitriles is 1. The lowest BCUT2D eigenvalue weighted by Crippen LogP contribution is -2.11. The van der Waals surface area contributed by atoms with E-state index in [2.05, 4.69) is 32.3 Å². The highest BCUT2D eigenvalue weighted by molar-refractivity contribution is 9.10. The number of carbonyl (C=O) groups excluding carboxylic acids is 1. The summed E-state index contributed by atoms with van der Waals surface area (Å²) in [4.78, 5) is 17.4. The summed E-state index contributed by atoms with van der Waals surface area (Å²) in [6.07, 6.45) is 2.35. The Labute approximate surface area is 156 Å². The van der Waals surface area contributed by atoms with Crippen molar-refractivity contribution in [1.29, 1.82) is 5.26 Å². The van der Waals surface area contributed by atoms with Gasteiger partial charge in [-0.05, 0) is 35.9 Å². The number of aromatic nitrogens is 1. The van der Waals surface area contributed by atoms with E-state index in [1.165, 1.54) is 23.5 Å². The third-order valence-corrected chi connectivity index (χ3v) is 4.73. The van der Waals surface area contributed by atoms with Crippen LogP contribution in [-0.2, 0) is 6.42 Å². The van der Waals surface area contributed by atoms with E-state index in [1.807, 2.05) is 12.1 Å². The zero-order valence-corrected chi connectivity index (χ0v) is 15.2. The van der Waals surface area contributed by atoms with Crippen molar-refractivity contribution in [3.05, 3.63) is 80.5 Å². The van der Waals surface area contributed by atoms with Gasteiger partial charge in [0, 0.05) is 27.5 Å². The molecule has 0 spiro atoms. The predicted molar refractivity (Wildman–Crippen MR) is 98.1 cm³/mol. The zero-order valence-electron chi connectivity index (χ0n) is 12.8. The fourth-order valence-electron chi connectivity index (χ4n) is 2.20. The van der Waals surface area contributed by atoms with Crippen molar-refractivity contribution in [2.24, 2.45) is 0 Å². The molecule has 0 saturated heterocycles. The molecule has 0 aliphatic heterocycles. The third-order valence-electron chi connectivity index (χ3n) is 3.36. The van der Waals surface area contributed by atoms with Crippen LogP contribution < -0.4 is 5.32 Å². The minimum atomic E-state index is -0.486. The lowest BCUT2D eigenvalue weighted by atomic mass is 10.1. The van der Waals surface area contributed by atoms with Gasteiger partial charge < -0.3 is 0 Å². The molecule has 3 rings (SSSR count). The van der Waals surface area contributed by atoms with Crippen molar-refractivity contribution in [2.45, 2.75) is 6.42 Å². The zero-order chi connectivity index (χ0) is 17.8. The molecule has 0 unspecified atom stereocenters. The molecule has 0 atom stereocenters. The maximum Gasteiger partial charge on any atom is 0.257 e. The fourth-order valence-corrected chi connectivity index (χ4v) is 3.51. The smallest absolute Gasteiger partial charge is 0.257 e. The van der Waals surface area contributed by atoms with E-state index in [9.17, 15) is 9.18 Å². The van der Waals surface area contributed by atoms with Gasteiger partial charge in [0.05, 0.1) is 11.6 Å². The quantitative estimate of drug-likeness (QED) is 0.667. The summed E-state index contributed by atoms with van der Waals surface area (Å²) >= 11 is 4.52. The van der Waals surface area contributed by atoms with Gasteiger partial charge in [-0.1, -0.05) is 28.1 Å². The maximum atomic E-state index is 13.4. The number of carbonyl (C=O) groups is 1. The molecule has 7 heteroatoms. The Bertz CT molecular complexity index is 943. The Balaban J connectivity index is 1.68. The number of nitrogens with zero attached hydrogens (tertiary/aromatic N) is 2. The number of amides is 1. The first-order chi connectivity index (χ1) is 12.0. The molecule has 25 heavy (non-hydrogen) atoms. The molecule has 0 fully saturated rings. The lowest BCUT2D eigenvalue weighted by molar-refractivity contribution is 0.102. The van der Waals surface area contributed by atoms with Gasteiger partial charge in [-0.15, -0.1) is 11.3 Å². The van der Waals surface area contributed by atoms with Gasteiger partial charge in [0.1, 0.15) is 5.82 Å². The second-order valence-corrected chi connectivity index (χ2v) is 7.26. The molecule has 1 aromatic heterocycles. The van der Waals surface area contributed by atoms with Crippen molar-refractivity contribution in [3.63, 3.8) is 0 Å². The van der Waals surface area contributed by atoms with E-state index < -0.39 is 11.7 Å². The molecule has 1 amide bonds. The molecular weight excluding hydrogens is 405 g/mol. The highest BCUT2D eigenvalue weighted by atomic mass is 79.9. The van der Waals surface area contributed by atoms with E-state index in [4.69, 9.17) is 5.26 Å². The molecule has 0 radical (unpaired) electrons. The second-order valence-electron chi connectivity index (χ2n) is 5.23. The van der Waals surface area contributed by atoms with Gasteiger partial charge in [-0.2, -0.15) is 5.26 Å². The van der Waals surface area contributed by atoms with Crippen LogP contribution in [0.1, 0.15) is 26.4 Å². The maximum absolute atomic E-state index is 13.4. The van der Waals surface area contributed by atoms with E-state index in [1.54, 1.807) is 24.4 Å². The number of anilines is 1. The van der Waals surface area contributed by atoms with E-state index in [-0.39, 0.29) is 5.56 Å². The molecule has 0 aliphatic rings. The van der Waals surface area contributed by atoms with Crippen LogP contribution in [0.5, 0.6) is 0 Å². The average Bonchev–Trinajstić information content (AvgIpc) is 3.01. The highest BCUT2D eigenvalue weighted by Gasteiger charge is 2.11. The molecule has 0 aliphatic carbocycles. The average molecular weight is 416 g/mol. The van der Waals surface area contributed by atoms with Crippen molar-refractivity contribution < 1.29 is 9.18 Å². The molecular formula is C18H11BrFN3OS. The molecule has 3 aromatic rings. The Morgan fingerprint density at radius 2 is 2.04 bits per heavy atom. The Morgan fingerprint density at radius 1 is 1.28 bits per heavy atom. The highest BCUT2D eigenvalue weighted by Crippen LogP contribution is 2.23. The van der Waals surface area contributed by atoms with Crippen LogP contribution in [0.4, 0.5) is 9.52 Å². The van der Waals surface area contributed by atoms with Gasteiger partial charge in [0.25, 0.3) is 5.91 Å². The number of nitrogens with one attached hydrogen (secondary N) is 1. The Kier molecular flexibility index (Phi) is 5.22. The summed E-state index contributed by atoms with van der Waals surface area (Å²) in [5.41, 5.74) is 1.88. The van der Waals surface area contributed by atoms with Gasteiger partial charge in [-0.25, -0.2) is 9.37 Å². The van der Waals surface area contributed by atoms with Crippen LogP contribution in [0, 0.1) is 17.1 Å². The predicted octanol–water partition coefficient (Wildman–Crippen LogP) is 4.76. The van der Waals surface area contributed by atoms with Crippen molar-refractivity contribution >= 4 is 38.3 Å². The number of halogens is 2. The van der Waals surface area contributed by atoms with Crippen LogP contribution >= 0.6 is 27.3 Å². The Hall–Kier alpha value is -2.56. The Morgan fingerprint density at radius 3 is 2.72 bits per heavy atom. The largest absolute Gasteiger partial charge is 0.298 e. The monoisotopic (exact) mass is 415 g/mol. The molecule has 124 valence electrons. The van der Waals surface area contributed by atoms with E-state index >= 15 is 0 Å². The summed E-state index contributed by atoms with van der Waals surface area (Å²) in [7, 11) is 0. The van der Waals surface area contributed by atoms with E-state index in [0.717, 1.165) is 10.4 Å². The first-order valence-corrected chi connectivity index (χ1v) is 8.85. The van der Waals surface area contributed by atoms with E-state index in [0.29, 0.717) is 21.6 Å². The summed E-state index contributed by atoms with van der Waals surface area (Å²) in [5, 5.41) is 11.9. The molecule has 0 bridgehead atoms. The summed E-state index contributed by atoms with van der Waals surface area (Å²) < 4.78 is 13.9. The minimum absolute atomic E-state index is 0.218. The van der Waals surface area contributed by atoms with Crippen LogP contribution in [0.15, 0.2) is 53.1 Å². The lowest BCUT2D eigenvalue weighted by Gasteiger charge is -2.03. The van der Waals surface area contributed by atoms with Crippen LogP contribution in [-0.4, -0.2) is 10.9 Å². The summed E-state index contributed by atoms with van der Waals surface area (Å²) in [5.74, 6) is -0.903. The summed E-state index contributed by atoms with van der Waals surface area (Å²) in [6, 6.07) is 13.4. The van der Waals surface area contributed by atoms with Gasteiger partial charge in [0.15, 0.2) is 5.13 Å². The first-order valence-electron chi connectivity index (χ1n) is 7.24. The number of rotatable bonds is 4. The van der Waals surface area contributed by atoms with Gasteiger partial charge >= 0.3 is 0 Å². The van der Waals surface area contributed by atoms with Crippen LogP contribution in [0.2, 0.25) is 0 Å². The third kappa shape index (κ3) is 4.50. The normalized spacial score (nSPS) is 10.3. The van der Waals surface area contributed by atoms with Gasteiger partial charge in [0.2, 0.25) is 0 Å². The fraction of sp³-hybridized carbons (Fsp3) is 0.0556. The SMILES string of the molecule is N#Cc1ccc(Cc2cnc(NC(=O)c3cc(F)cc(Br)c3)s2)cc1. The number of hydrogen-bond donors (Lipinski definition) is 1. The number of benzene rings is 2. The topological polar surface area (TPSA) is 65.8 Å². The van der Waals surface area contributed by atoms with Crippen molar-refractivity contribution in [2.75, 3.05) is 5.32 Å².